The van der Waals surface area contributed by atoms with E-state index in [9.17, 15) is 9.59 Å². The van der Waals surface area contributed by atoms with Crippen LogP contribution in [0, 0.1) is 6.92 Å². The van der Waals surface area contributed by atoms with Crippen LogP contribution in [-0.2, 0) is 19.4 Å². The number of rotatable bonds is 4. The molecule has 0 saturated carbocycles. The van der Waals surface area contributed by atoms with Gasteiger partial charge in [0.1, 0.15) is 10.7 Å². The zero-order chi connectivity index (χ0) is 18.8. The number of amides is 1. The zero-order valence-corrected chi connectivity index (χ0v) is 16.3. The van der Waals surface area contributed by atoms with Gasteiger partial charge in [-0.25, -0.2) is 4.98 Å². The normalized spacial score (nSPS) is 14.0. The second-order valence-electron chi connectivity index (χ2n) is 7.02. The molecule has 140 valence electrons. The molecule has 27 heavy (non-hydrogen) atoms. The lowest BCUT2D eigenvalue weighted by molar-refractivity contribution is 0.0957. The molecule has 1 aliphatic rings. The third kappa shape index (κ3) is 3.54. The minimum atomic E-state index is -0.119. The average Bonchev–Trinajstić information content (AvgIpc) is 2.85. The molecular weight excluding hydrogens is 358 g/mol. The van der Waals surface area contributed by atoms with Crippen LogP contribution >= 0.6 is 11.3 Å². The quantitative estimate of drug-likeness (QED) is 0.753. The van der Waals surface area contributed by atoms with E-state index in [0.717, 1.165) is 50.0 Å². The van der Waals surface area contributed by atoms with Gasteiger partial charge in [0.05, 0.1) is 10.3 Å². The Balaban J connectivity index is 1.59. The molecule has 0 saturated heterocycles. The molecule has 0 bridgehead atoms. The fourth-order valence-electron chi connectivity index (χ4n) is 3.67. The smallest absolute Gasteiger partial charge is 0.262 e. The van der Waals surface area contributed by atoms with E-state index >= 15 is 0 Å². The van der Waals surface area contributed by atoms with Gasteiger partial charge in [-0.15, -0.1) is 11.3 Å². The molecule has 0 aliphatic carbocycles. The maximum Gasteiger partial charge on any atom is 0.262 e. The van der Waals surface area contributed by atoms with Crippen LogP contribution in [0.15, 0.2) is 35.1 Å². The van der Waals surface area contributed by atoms with Crippen molar-refractivity contribution in [3.63, 3.8) is 0 Å². The molecule has 1 aromatic carbocycles. The maximum atomic E-state index is 13.0. The third-order valence-electron chi connectivity index (χ3n) is 5.16. The number of nitrogens with zero attached hydrogens (tertiary/aromatic N) is 2. The summed E-state index contributed by atoms with van der Waals surface area (Å²) >= 11 is 1.34. The highest BCUT2D eigenvalue weighted by Gasteiger charge is 2.22. The molecule has 3 heterocycles. The number of hydrogen-bond acceptors (Lipinski definition) is 4. The van der Waals surface area contributed by atoms with Gasteiger partial charge in [0.25, 0.3) is 11.5 Å². The summed E-state index contributed by atoms with van der Waals surface area (Å²) in [5, 5.41) is 3.59. The molecule has 0 atom stereocenters. The monoisotopic (exact) mass is 381 g/mol. The van der Waals surface area contributed by atoms with Crippen LogP contribution in [0.25, 0.3) is 10.2 Å². The Morgan fingerprint density at radius 3 is 2.85 bits per heavy atom. The van der Waals surface area contributed by atoms with Crippen molar-refractivity contribution in [2.75, 3.05) is 6.54 Å². The molecule has 1 amide bonds. The molecule has 0 spiro atoms. The lowest BCUT2D eigenvalue weighted by atomic mass is 10.1. The summed E-state index contributed by atoms with van der Waals surface area (Å²) in [5.74, 6) is 0.744. The third-order valence-corrected chi connectivity index (χ3v) is 6.34. The number of carbonyl (C=O) groups is 1. The van der Waals surface area contributed by atoms with Crippen LogP contribution < -0.4 is 10.9 Å². The van der Waals surface area contributed by atoms with Crippen molar-refractivity contribution >= 4 is 27.5 Å². The summed E-state index contributed by atoms with van der Waals surface area (Å²) in [6.45, 7) is 3.15. The maximum absolute atomic E-state index is 13.0. The van der Waals surface area contributed by atoms with E-state index in [1.165, 1.54) is 16.9 Å². The molecule has 0 unspecified atom stereocenters. The Kier molecular flexibility index (Phi) is 5.07. The number of aryl methyl sites for hydroxylation is 2. The Morgan fingerprint density at radius 2 is 2.04 bits per heavy atom. The van der Waals surface area contributed by atoms with Crippen molar-refractivity contribution in [3.8, 4) is 0 Å². The van der Waals surface area contributed by atoms with E-state index in [4.69, 9.17) is 4.98 Å². The summed E-state index contributed by atoms with van der Waals surface area (Å²) < 4.78 is 1.81. The van der Waals surface area contributed by atoms with E-state index < -0.39 is 0 Å². The van der Waals surface area contributed by atoms with Gasteiger partial charge in [0, 0.05) is 19.5 Å². The highest BCUT2D eigenvalue weighted by atomic mass is 32.1. The van der Waals surface area contributed by atoms with Crippen molar-refractivity contribution in [2.45, 2.75) is 45.6 Å². The summed E-state index contributed by atoms with van der Waals surface area (Å²) in [5.41, 5.74) is 1.95. The van der Waals surface area contributed by atoms with Gasteiger partial charge >= 0.3 is 0 Å². The second-order valence-corrected chi connectivity index (χ2v) is 8.02. The van der Waals surface area contributed by atoms with Crippen LogP contribution in [0.4, 0.5) is 0 Å². The standard InChI is InChI=1S/C21H23N3O2S/c1-14-17-20(23-16-10-6-3-7-13-24(16)21(17)26)27-18(14)19(25)22-12-11-15-8-4-2-5-9-15/h2,4-5,8-9H,3,6-7,10-13H2,1H3,(H,22,25). The molecule has 1 aliphatic heterocycles. The fraction of sp³-hybridized carbons (Fsp3) is 0.381. The zero-order valence-electron chi connectivity index (χ0n) is 15.5. The SMILES string of the molecule is Cc1c(C(=O)NCCc2ccccc2)sc2nc3n(c(=O)c12)CCCCC3. The number of carbonyl (C=O) groups excluding carboxylic acids is 1. The minimum Gasteiger partial charge on any atom is -0.351 e. The molecular formula is C21H23N3O2S. The van der Waals surface area contributed by atoms with Gasteiger partial charge in [0.2, 0.25) is 0 Å². The van der Waals surface area contributed by atoms with Crippen molar-refractivity contribution in [1.82, 2.24) is 14.9 Å². The molecule has 3 aromatic rings. The van der Waals surface area contributed by atoms with E-state index in [1.807, 2.05) is 29.7 Å². The molecule has 1 N–H and O–H groups in total. The van der Waals surface area contributed by atoms with Crippen molar-refractivity contribution in [3.05, 3.63) is 62.5 Å². The molecule has 0 fully saturated rings. The van der Waals surface area contributed by atoms with Gasteiger partial charge in [-0.3, -0.25) is 14.2 Å². The predicted molar refractivity (Wildman–Crippen MR) is 109 cm³/mol. The average molecular weight is 382 g/mol. The molecule has 2 aromatic heterocycles. The lowest BCUT2D eigenvalue weighted by Crippen LogP contribution is -2.26. The van der Waals surface area contributed by atoms with E-state index in [2.05, 4.69) is 17.4 Å². The number of hydrogen-bond donors (Lipinski definition) is 1. The van der Waals surface area contributed by atoms with Crippen LogP contribution in [0.1, 0.15) is 45.9 Å². The Bertz CT molecular complexity index is 1040. The van der Waals surface area contributed by atoms with E-state index in [-0.39, 0.29) is 11.5 Å². The number of nitrogens with one attached hydrogen (secondary N) is 1. The molecule has 0 radical (unpaired) electrons. The molecule has 6 heteroatoms. The van der Waals surface area contributed by atoms with E-state index in [0.29, 0.717) is 21.6 Å². The minimum absolute atomic E-state index is 0.00832. The second kappa shape index (κ2) is 7.64. The fourth-order valence-corrected chi connectivity index (χ4v) is 4.78. The molecule has 5 nitrogen and oxygen atoms in total. The van der Waals surface area contributed by atoms with Gasteiger partial charge in [-0.05, 0) is 37.3 Å². The van der Waals surface area contributed by atoms with Crippen LogP contribution in [0.3, 0.4) is 0 Å². The topological polar surface area (TPSA) is 64.0 Å². The van der Waals surface area contributed by atoms with Crippen LogP contribution in [0.5, 0.6) is 0 Å². The Hall–Kier alpha value is -2.47. The Morgan fingerprint density at radius 1 is 1.22 bits per heavy atom. The first kappa shape index (κ1) is 17.9. The first-order chi connectivity index (χ1) is 13.1. The Labute approximate surface area is 162 Å². The summed E-state index contributed by atoms with van der Waals surface area (Å²) in [4.78, 5) is 31.7. The first-order valence-electron chi connectivity index (χ1n) is 9.50. The van der Waals surface area contributed by atoms with Gasteiger partial charge in [-0.2, -0.15) is 0 Å². The highest BCUT2D eigenvalue weighted by molar-refractivity contribution is 7.20. The summed E-state index contributed by atoms with van der Waals surface area (Å²) in [6, 6.07) is 10.1. The first-order valence-corrected chi connectivity index (χ1v) is 10.3. The molecule has 4 rings (SSSR count). The number of thiophene rings is 1. The van der Waals surface area contributed by atoms with Crippen molar-refractivity contribution < 1.29 is 4.79 Å². The highest BCUT2D eigenvalue weighted by Crippen LogP contribution is 2.28. The van der Waals surface area contributed by atoms with Crippen LogP contribution in [-0.4, -0.2) is 22.0 Å². The number of aromatic nitrogens is 2. The van der Waals surface area contributed by atoms with Crippen molar-refractivity contribution in [1.29, 1.82) is 0 Å². The number of benzene rings is 1. The van der Waals surface area contributed by atoms with E-state index in [1.54, 1.807) is 0 Å². The number of fused-ring (bicyclic) bond motifs is 2. The van der Waals surface area contributed by atoms with Gasteiger partial charge in [-0.1, -0.05) is 36.8 Å². The predicted octanol–water partition coefficient (Wildman–Crippen LogP) is 3.47. The summed E-state index contributed by atoms with van der Waals surface area (Å²) in [6.07, 6.45) is 4.82. The van der Waals surface area contributed by atoms with Gasteiger partial charge in [0.15, 0.2) is 0 Å². The summed E-state index contributed by atoms with van der Waals surface area (Å²) in [7, 11) is 0. The van der Waals surface area contributed by atoms with Gasteiger partial charge < -0.3 is 5.32 Å². The van der Waals surface area contributed by atoms with Crippen molar-refractivity contribution in [2.24, 2.45) is 0 Å². The lowest BCUT2D eigenvalue weighted by Gasteiger charge is -2.08. The van der Waals surface area contributed by atoms with Crippen LogP contribution in [0.2, 0.25) is 0 Å². The largest absolute Gasteiger partial charge is 0.351 e.